The van der Waals surface area contributed by atoms with Crippen molar-refractivity contribution in [2.45, 2.75) is 16.2 Å². The van der Waals surface area contributed by atoms with Gasteiger partial charge in [0.25, 0.3) is 0 Å². The first-order valence-corrected chi connectivity index (χ1v) is 8.55. The molecule has 0 unspecified atom stereocenters. The zero-order chi connectivity index (χ0) is 14.1. The predicted octanol–water partition coefficient (Wildman–Crippen LogP) is 0.121. The molecule has 0 saturated heterocycles. The van der Waals surface area contributed by atoms with Gasteiger partial charge in [-0.2, -0.15) is 0 Å². The van der Waals surface area contributed by atoms with E-state index >= 15 is 0 Å². The number of sulfone groups is 2. The van der Waals surface area contributed by atoms with Crippen LogP contribution in [0.1, 0.15) is 5.56 Å². The standard InChI is InChI=1S/C10H12O6S2/c1-17(13,14)8-4-3-7(5-10(11)12)9(6-8)18(2,15)16/h3-4,6H,5H2,1-2H3,(H,11,12). The van der Waals surface area contributed by atoms with E-state index in [1.54, 1.807) is 0 Å². The molecule has 0 bridgehead atoms. The summed E-state index contributed by atoms with van der Waals surface area (Å²) in [5.74, 6) is -1.19. The second-order valence-electron chi connectivity index (χ2n) is 3.88. The molecule has 1 aromatic carbocycles. The summed E-state index contributed by atoms with van der Waals surface area (Å²) in [5.41, 5.74) is 0.0670. The maximum absolute atomic E-state index is 11.5. The summed E-state index contributed by atoms with van der Waals surface area (Å²) >= 11 is 0. The number of carboxylic acids is 1. The van der Waals surface area contributed by atoms with E-state index in [1.807, 2.05) is 0 Å². The highest BCUT2D eigenvalue weighted by Crippen LogP contribution is 2.21. The minimum absolute atomic E-state index is 0.0670. The average Bonchev–Trinajstić information content (AvgIpc) is 2.13. The van der Waals surface area contributed by atoms with E-state index in [1.165, 1.54) is 12.1 Å². The van der Waals surface area contributed by atoms with Gasteiger partial charge in [-0.1, -0.05) is 6.07 Å². The third kappa shape index (κ3) is 3.54. The summed E-state index contributed by atoms with van der Waals surface area (Å²) in [7, 11) is -7.23. The van der Waals surface area contributed by atoms with Crippen molar-refractivity contribution in [2.24, 2.45) is 0 Å². The minimum Gasteiger partial charge on any atom is -0.481 e. The molecular weight excluding hydrogens is 280 g/mol. The summed E-state index contributed by atoms with van der Waals surface area (Å²) < 4.78 is 45.7. The van der Waals surface area contributed by atoms with Gasteiger partial charge in [-0.3, -0.25) is 4.79 Å². The summed E-state index contributed by atoms with van der Waals surface area (Å²) in [5, 5.41) is 8.67. The largest absolute Gasteiger partial charge is 0.481 e. The molecule has 0 fully saturated rings. The molecule has 18 heavy (non-hydrogen) atoms. The summed E-state index contributed by atoms with van der Waals surface area (Å²) in [6.07, 6.45) is 1.37. The molecule has 0 heterocycles. The third-order valence-electron chi connectivity index (χ3n) is 2.21. The van der Waals surface area contributed by atoms with Gasteiger partial charge in [0, 0.05) is 12.5 Å². The van der Waals surface area contributed by atoms with Crippen LogP contribution in [0.3, 0.4) is 0 Å². The first-order valence-electron chi connectivity index (χ1n) is 4.76. The van der Waals surface area contributed by atoms with Crippen LogP contribution in [0, 0.1) is 0 Å². The lowest BCUT2D eigenvalue weighted by Crippen LogP contribution is -2.09. The number of carboxylic acid groups (broad SMARTS) is 1. The Bertz CT molecular complexity index is 685. The lowest BCUT2D eigenvalue weighted by Gasteiger charge is -2.08. The van der Waals surface area contributed by atoms with Crippen LogP contribution >= 0.6 is 0 Å². The minimum atomic E-state index is -3.69. The van der Waals surface area contributed by atoms with E-state index in [4.69, 9.17) is 5.11 Å². The van der Waals surface area contributed by atoms with E-state index < -0.39 is 32.1 Å². The Kier molecular flexibility index (Phi) is 3.82. The Morgan fingerprint density at radius 2 is 1.67 bits per heavy atom. The third-order valence-corrected chi connectivity index (χ3v) is 4.50. The van der Waals surface area contributed by atoms with E-state index in [9.17, 15) is 21.6 Å². The lowest BCUT2D eigenvalue weighted by molar-refractivity contribution is -0.136. The Hall–Kier alpha value is -1.41. The molecule has 1 N–H and O–H groups in total. The first-order chi connectivity index (χ1) is 8.01. The molecule has 0 atom stereocenters. The predicted molar refractivity (Wildman–Crippen MR) is 64.0 cm³/mol. The van der Waals surface area contributed by atoms with Crippen molar-refractivity contribution in [2.75, 3.05) is 12.5 Å². The SMILES string of the molecule is CS(=O)(=O)c1ccc(CC(=O)O)c(S(C)(=O)=O)c1. The molecule has 0 aliphatic heterocycles. The quantitative estimate of drug-likeness (QED) is 0.845. The zero-order valence-electron chi connectivity index (χ0n) is 9.74. The summed E-state index contributed by atoms with van der Waals surface area (Å²) in [6.45, 7) is 0. The number of aliphatic carboxylic acids is 1. The molecule has 0 aliphatic rings. The first kappa shape index (κ1) is 14.7. The number of hydrogen-bond acceptors (Lipinski definition) is 5. The number of rotatable bonds is 4. The topological polar surface area (TPSA) is 106 Å². The molecule has 8 heteroatoms. The summed E-state index contributed by atoms with van der Waals surface area (Å²) in [4.78, 5) is 10.2. The fourth-order valence-electron chi connectivity index (χ4n) is 1.42. The zero-order valence-corrected chi connectivity index (χ0v) is 11.4. The summed E-state index contributed by atoms with van der Waals surface area (Å²) in [6, 6.07) is 3.39. The van der Waals surface area contributed by atoms with E-state index in [0.29, 0.717) is 0 Å². The van der Waals surface area contributed by atoms with Crippen molar-refractivity contribution >= 4 is 25.6 Å². The van der Waals surface area contributed by atoms with Gasteiger partial charge in [-0.25, -0.2) is 16.8 Å². The van der Waals surface area contributed by atoms with Crippen LogP contribution in [-0.2, 0) is 30.9 Å². The maximum atomic E-state index is 11.5. The van der Waals surface area contributed by atoms with Crippen LogP contribution < -0.4 is 0 Å². The molecule has 1 aromatic rings. The van der Waals surface area contributed by atoms with Crippen LogP contribution in [0.15, 0.2) is 28.0 Å². The van der Waals surface area contributed by atoms with Gasteiger partial charge in [0.2, 0.25) is 0 Å². The van der Waals surface area contributed by atoms with Crippen LogP contribution in [0.4, 0.5) is 0 Å². The molecule has 0 spiro atoms. The second kappa shape index (κ2) is 4.69. The van der Waals surface area contributed by atoms with E-state index in [2.05, 4.69) is 0 Å². The molecule has 6 nitrogen and oxygen atoms in total. The molecular formula is C10H12O6S2. The molecule has 100 valence electrons. The van der Waals surface area contributed by atoms with Gasteiger partial charge >= 0.3 is 5.97 Å². The maximum Gasteiger partial charge on any atom is 0.307 e. The van der Waals surface area contributed by atoms with Gasteiger partial charge in [0.1, 0.15) is 0 Å². The second-order valence-corrected chi connectivity index (χ2v) is 7.88. The molecule has 1 rings (SSSR count). The number of hydrogen-bond donors (Lipinski definition) is 1. The molecule has 0 saturated carbocycles. The molecule has 0 radical (unpaired) electrons. The molecule has 0 aromatic heterocycles. The smallest absolute Gasteiger partial charge is 0.307 e. The van der Waals surface area contributed by atoms with Gasteiger partial charge < -0.3 is 5.11 Å². The van der Waals surface area contributed by atoms with Gasteiger partial charge in [0.05, 0.1) is 16.2 Å². The highest BCUT2D eigenvalue weighted by molar-refractivity contribution is 7.91. The fraction of sp³-hybridized carbons (Fsp3) is 0.300. The Morgan fingerprint density at radius 1 is 1.11 bits per heavy atom. The van der Waals surface area contributed by atoms with Crippen LogP contribution in [0.2, 0.25) is 0 Å². The fourth-order valence-corrected chi connectivity index (χ4v) is 3.10. The van der Waals surface area contributed by atoms with Gasteiger partial charge in [0.15, 0.2) is 19.7 Å². The van der Waals surface area contributed by atoms with Crippen molar-refractivity contribution < 1.29 is 26.7 Å². The number of benzene rings is 1. The Morgan fingerprint density at radius 3 is 2.06 bits per heavy atom. The lowest BCUT2D eigenvalue weighted by atomic mass is 10.1. The van der Waals surface area contributed by atoms with Crippen LogP contribution in [0.5, 0.6) is 0 Å². The average molecular weight is 292 g/mol. The molecule has 0 aliphatic carbocycles. The van der Waals surface area contributed by atoms with Crippen molar-refractivity contribution in [3.63, 3.8) is 0 Å². The van der Waals surface area contributed by atoms with Crippen LogP contribution in [-0.4, -0.2) is 40.4 Å². The monoisotopic (exact) mass is 292 g/mol. The number of carbonyl (C=O) groups is 1. The van der Waals surface area contributed by atoms with Crippen LogP contribution in [0.25, 0.3) is 0 Å². The highest BCUT2D eigenvalue weighted by atomic mass is 32.2. The van der Waals surface area contributed by atoms with Crippen molar-refractivity contribution in [1.29, 1.82) is 0 Å². The Balaban J connectivity index is 3.54. The normalized spacial score (nSPS) is 12.3. The highest BCUT2D eigenvalue weighted by Gasteiger charge is 2.19. The van der Waals surface area contributed by atoms with E-state index in [-0.39, 0.29) is 15.4 Å². The molecule has 0 amide bonds. The Labute approximate surface area is 105 Å². The van der Waals surface area contributed by atoms with Crippen molar-refractivity contribution in [3.8, 4) is 0 Å². The van der Waals surface area contributed by atoms with Crippen molar-refractivity contribution in [3.05, 3.63) is 23.8 Å². The van der Waals surface area contributed by atoms with E-state index in [0.717, 1.165) is 18.6 Å². The van der Waals surface area contributed by atoms with Crippen molar-refractivity contribution in [1.82, 2.24) is 0 Å². The van der Waals surface area contributed by atoms with Gasteiger partial charge in [-0.05, 0) is 17.7 Å². The van der Waals surface area contributed by atoms with Gasteiger partial charge in [-0.15, -0.1) is 0 Å².